The zero-order chi connectivity index (χ0) is 20.6. The van der Waals surface area contributed by atoms with Crippen molar-refractivity contribution >= 4 is 35.8 Å². The quantitative estimate of drug-likeness (QED) is 0.353. The van der Waals surface area contributed by atoms with Gasteiger partial charge in [-0.3, -0.25) is 9.79 Å². The van der Waals surface area contributed by atoms with Crippen molar-refractivity contribution in [2.75, 3.05) is 54.0 Å². The van der Waals surface area contributed by atoms with Crippen molar-refractivity contribution in [3.63, 3.8) is 0 Å². The molecule has 2 heterocycles. The summed E-state index contributed by atoms with van der Waals surface area (Å²) < 4.78 is 16.0. The number of amides is 1. The summed E-state index contributed by atoms with van der Waals surface area (Å²) in [6.45, 7) is 3.40. The number of nitrogens with one attached hydrogen (secondary N) is 1. The van der Waals surface area contributed by atoms with Crippen LogP contribution in [0.1, 0.15) is 16.1 Å². The molecule has 1 amide bonds. The zero-order valence-electron chi connectivity index (χ0n) is 17.6. The number of hydrogen-bond acceptors (Lipinski definition) is 5. The number of hydrogen-bond donors (Lipinski definition) is 1. The first-order chi connectivity index (χ1) is 14.2. The molecule has 3 rings (SSSR count). The molecule has 1 aliphatic rings. The van der Waals surface area contributed by atoms with E-state index in [1.165, 1.54) is 6.26 Å². The van der Waals surface area contributed by atoms with Crippen LogP contribution in [0.3, 0.4) is 0 Å². The fourth-order valence-corrected chi connectivity index (χ4v) is 3.40. The zero-order valence-corrected chi connectivity index (χ0v) is 19.9. The van der Waals surface area contributed by atoms with Gasteiger partial charge in [-0.15, -0.1) is 24.0 Å². The van der Waals surface area contributed by atoms with Crippen LogP contribution in [-0.2, 0) is 6.42 Å². The van der Waals surface area contributed by atoms with Crippen molar-refractivity contribution in [1.82, 2.24) is 15.1 Å². The molecule has 30 heavy (non-hydrogen) atoms. The van der Waals surface area contributed by atoms with Crippen LogP contribution in [0, 0.1) is 0 Å². The third-order valence-corrected chi connectivity index (χ3v) is 4.98. The average molecular weight is 528 g/mol. The summed E-state index contributed by atoms with van der Waals surface area (Å²) in [5, 5.41) is 3.41. The number of benzene rings is 1. The molecule has 9 heteroatoms. The van der Waals surface area contributed by atoms with Gasteiger partial charge in [0.25, 0.3) is 5.91 Å². The number of piperazine rings is 1. The molecule has 0 atom stereocenters. The molecule has 8 nitrogen and oxygen atoms in total. The number of rotatable bonds is 6. The Balaban J connectivity index is 0.00000320. The number of guanidine groups is 1. The highest BCUT2D eigenvalue weighted by molar-refractivity contribution is 14.0. The van der Waals surface area contributed by atoms with E-state index in [-0.39, 0.29) is 29.9 Å². The van der Waals surface area contributed by atoms with Gasteiger partial charge in [-0.2, -0.15) is 0 Å². The largest absolute Gasteiger partial charge is 0.497 e. The number of carbonyl (C=O) groups excluding carboxylic acids is 1. The molecule has 0 spiro atoms. The molecule has 0 saturated carbocycles. The fourth-order valence-electron chi connectivity index (χ4n) is 3.40. The van der Waals surface area contributed by atoms with E-state index < -0.39 is 0 Å². The number of aliphatic imine (C=N–C) groups is 1. The second kappa shape index (κ2) is 11.7. The Morgan fingerprint density at radius 1 is 1.13 bits per heavy atom. The van der Waals surface area contributed by atoms with Crippen LogP contribution in [0.25, 0.3) is 0 Å². The summed E-state index contributed by atoms with van der Waals surface area (Å²) in [5.41, 5.74) is 1.07. The lowest BCUT2D eigenvalue weighted by atomic mass is 10.1. The lowest BCUT2D eigenvalue weighted by molar-refractivity contribution is 0.0658. The fraction of sp³-hybridized carbons (Fsp3) is 0.429. The van der Waals surface area contributed by atoms with Gasteiger partial charge >= 0.3 is 0 Å². The first-order valence-corrected chi connectivity index (χ1v) is 9.65. The minimum atomic E-state index is -0.0669. The van der Waals surface area contributed by atoms with Crippen molar-refractivity contribution in [2.45, 2.75) is 6.42 Å². The van der Waals surface area contributed by atoms with Gasteiger partial charge in [0.1, 0.15) is 11.5 Å². The monoisotopic (exact) mass is 528 g/mol. The summed E-state index contributed by atoms with van der Waals surface area (Å²) in [6, 6.07) is 9.22. The number of methoxy groups -OCH3 is 2. The molecule has 1 N–H and O–H groups in total. The van der Waals surface area contributed by atoms with Crippen LogP contribution in [0.15, 0.2) is 46.0 Å². The molecule has 0 radical (unpaired) electrons. The molecule has 1 aliphatic heterocycles. The van der Waals surface area contributed by atoms with Gasteiger partial charge in [0.15, 0.2) is 11.7 Å². The molecular formula is C21H29IN4O4. The maximum Gasteiger partial charge on any atom is 0.289 e. The summed E-state index contributed by atoms with van der Waals surface area (Å²) in [4.78, 5) is 20.8. The first kappa shape index (κ1) is 23.8. The minimum absolute atomic E-state index is 0. The highest BCUT2D eigenvalue weighted by Crippen LogP contribution is 2.24. The Morgan fingerprint density at radius 2 is 1.87 bits per heavy atom. The topological polar surface area (TPSA) is 79.5 Å². The van der Waals surface area contributed by atoms with E-state index >= 15 is 0 Å². The first-order valence-electron chi connectivity index (χ1n) is 9.65. The Morgan fingerprint density at radius 3 is 2.47 bits per heavy atom. The van der Waals surface area contributed by atoms with E-state index in [4.69, 9.17) is 13.9 Å². The van der Waals surface area contributed by atoms with Crippen molar-refractivity contribution in [3.8, 4) is 11.5 Å². The molecule has 2 aromatic rings. The van der Waals surface area contributed by atoms with Crippen LogP contribution in [0.5, 0.6) is 11.5 Å². The van der Waals surface area contributed by atoms with Gasteiger partial charge < -0.3 is 29.0 Å². The average Bonchev–Trinajstić information content (AvgIpc) is 3.31. The van der Waals surface area contributed by atoms with Crippen molar-refractivity contribution < 1.29 is 18.7 Å². The SMILES string of the molecule is CN=C(NCCc1cc(OC)ccc1OC)N1CCN(C(=O)c2ccco2)CC1.I. The number of carbonyl (C=O) groups is 1. The summed E-state index contributed by atoms with van der Waals surface area (Å²) in [7, 11) is 5.10. The maximum absolute atomic E-state index is 12.4. The van der Waals surface area contributed by atoms with Gasteiger partial charge in [0.2, 0.25) is 0 Å². The number of halogens is 1. The molecular weight excluding hydrogens is 499 g/mol. The molecule has 0 bridgehead atoms. The molecule has 1 saturated heterocycles. The van der Waals surface area contributed by atoms with E-state index in [0.29, 0.717) is 38.5 Å². The molecule has 164 valence electrons. The van der Waals surface area contributed by atoms with E-state index in [1.54, 1.807) is 33.4 Å². The van der Waals surface area contributed by atoms with Gasteiger partial charge in [0, 0.05) is 39.8 Å². The van der Waals surface area contributed by atoms with Gasteiger partial charge in [0.05, 0.1) is 20.5 Å². The van der Waals surface area contributed by atoms with Crippen molar-refractivity contribution in [1.29, 1.82) is 0 Å². The van der Waals surface area contributed by atoms with E-state index in [1.807, 2.05) is 23.1 Å². The Kier molecular flexibility index (Phi) is 9.28. The molecule has 1 fully saturated rings. The second-order valence-corrected chi connectivity index (χ2v) is 6.66. The Labute approximate surface area is 194 Å². The highest BCUT2D eigenvalue weighted by Gasteiger charge is 2.25. The van der Waals surface area contributed by atoms with E-state index in [0.717, 1.165) is 29.4 Å². The Bertz CT molecular complexity index is 834. The highest BCUT2D eigenvalue weighted by atomic mass is 127. The maximum atomic E-state index is 12.4. The minimum Gasteiger partial charge on any atom is -0.497 e. The van der Waals surface area contributed by atoms with E-state index in [9.17, 15) is 4.79 Å². The van der Waals surface area contributed by atoms with Gasteiger partial charge in [-0.25, -0.2) is 0 Å². The second-order valence-electron chi connectivity index (χ2n) is 6.66. The predicted octanol–water partition coefficient (Wildman–Crippen LogP) is 2.49. The van der Waals surface area contributed by atoms with E-state index in [2.05, 4.69) is 15.2 Å². The lowest BCUT2D eigenvalue weighted by Gasteiger charge is -2.36. The van der Waals surface area contributed by atoms with Crippen molar-refractivity contribution in [2.24, 2.45) is 4.99 Å². The van der Waals surface area contributed by atoms with Crippen LogP contribution >= 0.6 is 24.0 Å². The van der Waals surface area contributed by atoms with Crippen molar-refractivity contribution in [3.05, 3.63) is 47.9 Å². The number of nitrogens with zero attached hydrogens (tertiary/aromatic N) is 3. The van der Waals surface area contributed by atoms with Gasteiger partial charge in [-0.1, -0.05) is 0 Å². The normalized spacial score (nSPS) is 14.2. The smallest absolute Gasteiger partial charge is 0.289 e. The van der Waals surface area contributed by atoms with Gasteiger partial charge in [-0.05, 0) is 42.3 Å². The Hall–Kier alpha value is -2.43. The van der Waals surface area contributed by atoms with Crippen LogP contribution in [0.4, 0.5) is 0 Å². The third-order valence-electron chi connectivity index (χ3n) is 4.98. The van der Waals surface area contributed by atoms with Crippen LogP contribution in [-0.4, -0.2) is 75.7 Å². The van der Waals surface area contributed by atoms with Crippen LogP contribution < -0.4 is 14.8 Å². The number of furan rings is 1. The standard InChI is InChI=1S/C21H28N4O4.HI/c1-22-21(23-9-8-16-15-17(27-2)6-7-18(16)28-3)25-12-10-24(11-13-25)20(26)19-5-4-14-29-19;/h4-7,14-15H,8-13H2,1-3H3,(H,22,23);1H. The molecule has 0 aliphatic carbocycles. The predicted molar refractivity (Wildman–Crippen MR) is 126 cm³/mol. The molecule has 1 aromatic carbocycles. The van der Waals surface area contributed by atoms with Crippen LogP contribution in [0.2, 0.25) is 0 Å². The number of ether oxygens (including phenoxy) is 2. The summed E-state index contributed by atoms with van der Waals surface area (Å²) in [5.74, 6) is 2.79. The third kappa shape index (κ3) is 5.80. The summed E-state index contributed by atoms with van der Waals surface area (Å²) in [6.07, 6.45) is 2.29. The lowest BCUT2D eigenvalue weighted by Crippen LogP contribution is -2.54. The molecule has 0 unspecified atom stereocenters. The molecule has 1 aromatic heterocycles. The summed E-state index contributed by atoms with van der Waals surface area (Å²) >= 11 is 0.